The van der Waals surface area contributed by atoms with E-state index in [1.165, 1.54) is 0 Å². The van der Waals surface area contributed by atoms with Crippen LogP contribution in [0.2, 0.25) is 5.02 Å². The largest absolute Gasteiger partial charge is 0.444 e. The third-order valence-corrected chi connectivity index (χ3v) is 5.08. The van der Waals surface area contributed by atoms with Gasteiger partial charge in [-0.1, -0.05) is 11.6 Å². The lowest BCUT2D eigenvalue weighted by molar-refractivity contribution is 0.0320. The molecule has 1 amide bonds. The van der Waals surface area contributed by atoms with Gasteiger partial charge in [0.15, 0.2) is 0 Å². The molecule has 1 aromatic carbocycles. The molecule has 0 aromatic heterocycles. The molecule has 6 nitrogen and oxygen atoms in total. The second kappa shape index (κ2) is 7.73. The third-order valence-electron chi connectivity index (χ3n) is 4.59. The number of hydrogen-bond donors (Lipinski definition) is 3. The summed E-state index contributed by atoms with van der Waals surface area (Å²) < 4.78 is 5.35. The van der Waals surface area contributed by atoms with Gasteiger partial charge < -0.3 is 20.5 Å². The van der Waals surface area contributed by atoms with Crippen LogP contribution in [0.1, 0.15) is 51.2 Å². The number of nitriles is 1. The van der Waals surface area contributed by atoms with Crippen LogP contribution in [0, 0.1) is 18.3 Å². The molecule has 3 N–H and O–H groups in total. The van der Waals surface area contributed by atoms with E-state index < -0.39 is 23.3 Å². The van der Waals surface area contributed by atoms with Crippen molar-refractivity contribution in [1.82, 2.24) is 5.32 Å². The molecule has 2 rings (SSSR count). The summed E-state index contributed by atoms with van der Waals surface area (Å²) in [6.07, 6.45) is 0.853. The van der Waals surface area contributed by atoms with Crippen LogP contribution in [0.15, 0.2) is 12.1 Å². The van der Waals surface area contributed by atoms with Gasteiger partial charge in [0, 0.05) is 12.2 Å². The van der Waals surface area contributed by atoms with Gasteiger partial charge in [-0.25, -0.2) is 4.79 Å². The number of anilines is 1. The van der Waals surface area contributed by atoms with E-state index in [-0.39, 0.29) is 0 Å². The summed E-state index contributed by atoms with van der Waals surface area (Å²) in [5.41, 5.74) is 0.510. The van der Waals surface area contributed by atoms with Crippen molar-refractivity contribution in [3.8, 4) is 6.07 Å². The van der Waals surface area contributed by atoms with Gasteiger partial charge in [-0.3, -0.25) is 0 Å². The molecule has 1 aromatic rings. The molecular formula is C19H26ClN3O3. The van der Waals surface area contributed by atoms with E-state index in [1.807, 2.05) is 13.0 Å². The van der Waals surface area contributed by atoms with Crippen LogP contribution in [0.25, 0.3) is 0 Å². The first-order chi connectivity index (χ1) is 12.1. The van der Waals surface area contributed by atoms with Crippen LogP contribution in [0.4, 0.5) is 10.5 Å². The van der Waals surface area contributed by atoms with Crippen molar-refractivity contribution < 1.29 is 14.6 Å². The van der Waals surface area contributed by atoms with Crippen molar-refractivity contribution >= 4 is 23.4 Å². The number of halogens is 1. The average molecular weight is 380 g/mol. The SMILES string of the molecule is Cc1c(NC[C@]2(NC(=O)OC(C)(C)C)CCC[C@H]2O)ccc(C#N)c1Cl. The second-order valence-corrected chi connectivity index (χ2v) is 8.13. The van der Waals surface area contributed by atoms with Crippen LogP contribution in [0.3, 0.4) is 0 Å². The number of rotatable bonds is 4. The number of benzene rings is 1. The quantitative estimate of drug-likeness (QED) is 0.740. The number of nitrogens with zero attached hydrogens (tertiary/aromatic N) is 1. The van der Waals surface area contributed by atoms with Gasteiger partial charge in [0.2, 0.25) is 0 Å². The van der Waals surface area contributed by atoms with Crippen molar-refractivity contribution in [2.24, 2.45) is 0 Å². The Bertz CT molecular complexity index is 724. The van der Waals surface area contributed by atoms with Gasteiger partial charge in [0.25, 0.3) is 0 Å². The van der Waals surface area contributed by atoms with E-state index in [1.54, 1.807) is 32.9 Å². The van der Waals surface area contributed by atoms with Crippen LogP contribution in [-0.2, 0) is 4.74 Å². The third kappa shape index (κ3) is 4.60. The van der Waals surface area contributed by atoms with Gasteiger partial charge >= 0.3 is 6.09 Å². The molecule has 1 aliphatic rings. The molecule has 0 aliphatic heterocycles. The molecule has 0 radical (unpaired) electrons. The zero-order valence-corrected chi connectivity index (χ0v) is 16.4. The van der Waals surface area contributed by atoms with Crippen molar-refractivity contribution in [2.75, 3.05) is 11.9 Å². The van der Waals surface area contributed by atoms with Crippen LogP contribution in [0.5, 0.6) is 0 Å². The van der Waals surface area contributed by atoms with Crippen molar-refractivity contribution in [3.63, 3.8) is 0 Å². The minimum absolute atomic E-state index is 0.330. The second-order valence-electron chi connectivity index (χ2n) is 7.76. The molecule has 142 valence electrons. The standard InChI is InChI=1S/C19H26ClN3O3/c1-12-14(8-7-13(10-21)16(12)20)22-11-19(9-5-6-15(19)24)23-17(25)26-18(2,3)4/h7-8,15,22,24H,5-6,9,11H2,1-4H3,(H,23,25)/t15-,19-/m1/s1. The van der Waals surface area contributed by atoms with Crippen molar-refractivity contribution in [1.29, 1.82) is 5.26 Å². The molecule has 0 heterocycles. The van der Waals surface area contributed by atoms with E-state index in [4.69, 9.17) is 21.6 Å². The molecule has 7 heteroatoms. The van der Waals surface area contributed by atoms with E-state index in [0.29, 0.717) is 30.0 Å². The summed E-state index contributed by atoms with van der Waals surface area (Å²) in [5, 5.41) is 26.1. The summed E-state index contributed by atoms with van der Waals surface area (Å²) in [6, 6.07) is 5.48. The van der Waals surface area contributed by atoms with Gasteiger partial charge in [0.1, 0.15) is 11.7 Å². The number of ether oxygens (including phenoxy) is 1. The zero-order chi connectivity index (χ0) is 19.5. The maximum atomic E-state index is 12.3. The number of aliphatic hydroxyl groups is 1. The Morgan fingerprint density at radius 3 is 2.73 bits per heavy atom. The molecule has 0 bridgehead atoms. The number of nitrogens with one attached hydrogen (secondary N) is 2. The summed E-state index contributed by atoms with van der Waals surface area (Å²) in [6.45, 7) is 7.54. The lowest BCUT2D eigenvalue weighted by Gasteiger charge is -2.35. The first kappa shape index (κ1) is 20.3. The zero-order valence-electron chi connectivity index (χ0n) is 15.6. The monoisotopic (exact) mass is 379 g/mol. The molecule has 26 heavy (non-hydrogen) atoms. The van der Waals surface area contributed by atoms with Crippen molar-refractivity contribution in [2.45, 2.75) is 64.2 Å². The van der Waals surface area contributed by atoms with Gasteiger partial charge in [-0.15, -0.1) is 0 Å². The number of aliphatic hydroxyl groups excluding tert-OH is 1. The van der Waals surface area contributed by atoms with E-state index in [2.05, 4.69) is 10.6 Å². The van der Waals surface area contributed by atoms with Gasteiger partial charge in [-0.05, 0) is 64.7 Å². The Kier molecular flexibility index (Phi) is 6.05. The van der Waals surface area contributed by atoms with Gasteiger partial charge in [-0.2, -0.15) is 5.26 Å². The molecule has 1 saturated carbocycles. The topological polar surface area (TPSA) is 94.4 Å². The number of carbonyl (C=O) groups is 1. The maximum absolute atomic E-state index is 12.3. The number of alkyl carbamates (subject to hydrolysis) is 1. The van der Waals surface area contributed by atoms with E-state index >= 15 is 0 Å². The lowest BCUT2D eigenvalue weighted by atomic mass is 9.94. The number of amides is 1. The fourth-order valence-electron chi connectivity index (χ4n) is 3.17. The van der Waals surface area contributed by atoms with Crippen LogP contribution in [-0.4, -0.2) is 35.0 Å². The Balaban J connectivity index is 2.16. The molecule has 1 aliphatic carbocycles. The first-order valence-corrected chi connectivity index (χ1v) is 9.08. The minimum Gasteiger partial charge on any atom is -0.444 e. The fourth-order valence-corrected chi connectivity index (χ4v) is 3.38. The molecule has 0 unspecified atom stereocenters. The lowest BCUT2D eigenvalue weighted by Crippen LogP contribution is -2.58. The maximum Gasteiger partial charge on any atom is 0.408 e. The van der Waals surface area contributed by atoms with Crippen molar-refractivity contribution in [3.05, 3.63) is 28.3 Å². The summed E-state index contributed by atoms with van der Waals surface area (Å²) >= 11 is 6.21. The highest BCUT2D eigenvalue weighted by Crippen LogP contribution is 2.33. The molecule has 0 spiro atoms. The van der Waals surface area contributed by atoms with Crippen LogP contribution < -0.4 is 10.6 Å². The smallest absolute Gasteiger partial charge is 0.408 e. The first-order valence-electron chi connectivity index (χ1n) is 8.70. The van der Waals surface area contributed by atoms with E-state index in [9.17, 15) is 9.90 Å². The van der Waals surface area contributed by atoms with E-state index in [0.717, 1.165) is 17.7 Å². The summed E-state index contributed by atoms with van der Waals surface area (Å²) in [7, 11) is 0. The predicted molar refractivity (Wildman–Crippen MR) is 101 cm³/mol. The Morgan fingerprint density at radius 1 is 1.50 bits per heavy atom. The minimum atomic E-state index is -0.810. The highest BCUT2D eigenvalue weighted by atomic mass is 35.5. The van der Waals surface area contributed by atoms with Crippen LogP contribution >= 0.6 is 11.6 Å². The summed E-state index contributed by atoms with van der Waals surface area (Å²) in [5.74, 6) is 0. The highest BCUT2D eigenvalue weighted by molar-refractivity contribution is 6.32. The molecule has 2 atom stereocenters. The fraction of sp³-hybridized carbons (Fsp3) is 0.579. The highest BCUT2D eigenvalue weighted by Gasteiger charge is 2.44. The Hall–Kier alpha value is -1.97. The molecule has 1 fully saturated rings. The number of hydrogen-bond acceptors (Lipinski definition) is 5. The number of carbonyl (C=O) groups excluding carboxylic acids is 1. The Labute approximate surface area is 159 Å². The normalized spacial score (nSPS) is 22.6. The molecule has 0 saturated heterocycles. The predicted octanol–water partition coefficient (Wildman–Crippen LogP) is 3.74. The Morgan fingerprint density at radius 2 is 2.19 bits per heavy atom. The van der Waals surface area contributed by atoms with Gasteiger partial charge in [0.05, 0.1) is 22.2 Å². The summed E-state index contributed by atoms with van der Waals surface area (Å²) in [4.78, 5) is 12.3. The molecular weight excluding hydrogens is 354 g/mol. The average Bonchev–Trinajstić information content (AvgIpc) is 2.88.